The number of hydrazone groups is 2. The molecule has 148 valence electrons. The minimum Gasteiger partial charge on any atom is -0.506 e. The van der Waals surface area contributed by atoms with Crippen LogP contribution in [0, 0.1) is 0 Å². The van der Waals surface area contributed by atoms with Crippen molar-refractivity contribution in [1.82, 2.24) is 21.9 Å². The van der Waals surface area contributed by atoms with E-state index < -0.39 is 0 Å². The first-order valence-corrected chi connectivity index (χ1v) is 10.9. The molecular formula is C18H15BrN6O2S2. The van der Waals surface area contributed by atoms with Crippen LogP contribution >= 0.6 is 38.6 Å². The lowest BCUT2D eigenvalue weighted by molar-refractivity contribution is 0.0959. The molecule has 3 aromatic rings. The number of hydrazine groups is 2. The average Bonchev–Trinajstić information content (AvgIpc) is 3.47. The summed E-state index contributed by atoms with van der Waals surface area (Å²) in [6, 6.07) is 11.2. The number of carbonyl (C=O) groups is 1. The zero-order valence-corrected chi connectivity index (χ0v) is 18.2. The summed E-state index contributed by atoms with van der Waals surface area (Å²) >= 11 is 6.11. The van der Waals surface area contributed by atoms with Gasteiger partial charge in [-0.1, -0.05) is 28.1 Å². The lowest BCUT2D eigenvalue weighted by Gasteiger charge is -2.03. The van der Waals surface area contributed by atoms with Crippen LogP contribution in [-0.4, -0.2) is 22.6 Å². The van der Waals surface area contributed by atoms with Crippen LogP contribution in [0.2, 0.25) is 0 Å². The SMILES string of the molecule is C/C(=N\NC(=O)c1ccc(C2=NNNN2)s1)c1csc(-c2ccc(Br)cc2)c1O. The fourth-order valence-electron chi connectivity index (χ4n) is 2.57. The number of halogens is 1. The Bertz CT molecular complexity index is 1120. The third-order valence-electron chi connectivity index (χ3n) is 4.05. The first kappa shape index (κ1) is 19.6. The van der Waals surface area contributed by atoms with Crippen LogP contribution in [0.3, 0.4) is 0 Å². The number of amides is 1. The van der Waals surface area contributed by atoms with Crippen LogP contribution < -0.4 is 21.9 Å². The van der Waals surface area contributed by atoms with Gasteiger partial charge in [0.05, 0.1) is 25.9 Å². The smallest absolute Gasteiger partial charge is 0.281 e. The van der Waals surface area contributed by atoms with Gasteiger partial charge in [-0.25, -0.2) is 11.0 Å². The predicted octanol–water partition coefficient (Wildman–Crippen LogP) is 3.37. The van der Waals surface area contributed by atoms with Gasteiger partial charge >= 0.3 is 0 Å². The van der Waals surface area contributed by atoms with E-state index in [1.54, 1.807) is 19.1 Å². The third kappa shape index (κ3) is 4.17. The lowest BCUT2D eigenvalue weighted by Crippen LogP contribution is -2.34. The molecule has 0 aliphatic carbocycles. The number of aromatic hydroxyl groups is 1. The highest BCUT2D eigenvalue weighted by Crippen LogP contribution is 2.39. The van der Waals surface area contributed by atoms with Gasteiger partial charge in [0.2, 0.25) is 0 Å². The van der Waals surface area contributed by atoms with Gasteiger partial charge in [0.25, 0.3) is 5.91 Å². The monoisotopic (exact) mass is 490 g/mol. The number of rotatable bonds is 5. The van der Waals surface area contributed by atoms with Crippen molar-refractivity contribution in [2.45, 2.75) is 6.92 Å². The van der Waals surface area contributed by atoms with Gasteiger partial charge < -0.3 is 5.11 Å². The first-order chi connectivity index (χ1) is 14.0. The predicted molar refractivity (Wildman–Crippen MR) is 119 cm³/mol. The minimum absolute atomic E-state index is 0.150. The number of amidine groups is 1. The van der Waals surface area contributed by atoms with Crippen molar-refractivity contribution < 1.29 is 9.90 Å². The maximum atomic E-state index is 12.4. The van der Waals surface area contributed by atoms with Crippen molar-refractivity contribution in [1.29, 1.82) is 0 Å². The summed E-state index contributed by atoms with van der Waals surface area (Å²) in [4.78, 5) is 14.4. The van der Waals surface area contributed by atoms with Crippen molar-refractivity contribution in [3.63, 3.8) is 0 Å². The van der Waals surface area contributed by atoms with Crippen LogP contribution in [0.1, 0.15) is 27.0 Å². The number of thiophene rings is 2. The molecular weight excluding hydrogens is 476 g/mol. The zero-order chi connectivity index (χ0) is 20.4. The molecule has 4 rings (SSSR count). The molecule has 0 unspecified atom stereocenters. The number of hydrogen-bond acceptors (Lipinski definition) is 9. The fourth-order valence-corrected chi connectivity index (χ4v) is 4.68. The van der Waals surface area contributed by atoms with Gasteiger partial charge in [-0.2, -0.15) is 5.10 Å². The van der Waals surface area contributed by atoms with Gasteiger partial charge in [0.1, 0.15) is 5.75 Å². The molecule has 8 nitrogen and oxygen atoms in total. The van der Waals surface area contributed by atoms with Gasteiger partial charge in [0.15, 0.2) is 5.84 Å². The van der Waals surface area contributed by atoms with Gasteiger partial charge in [-0.05, 0) is 36.8 Å². The highest BCUT2D eigenvalue weighted by atomic mass is 79.9. The van der Waals surface area contributed by atoms with Crippen LogP contribution in [-0.2, 0) is 0 Å². The number of hydrogen-bond donors (Lipinski definition) is 5. The minimum atomic E-state index is -0.331. The molecule has 0 spiro atoms. The summed E-state index contributed by atoms with van der Waals surface area (Å²) in [5.41, 5.74) is 12.6. The van der Waals surface area contributed by atoms with E-state index in [1.807, 2.05) is 29.6 Å². The number of nitrogens with zero attached hydrogens (tertiary/aromatic N) is 2. The van der Waals surface area contributed by atoms with Crippen LogP contribution in [0.25, 0.3) is 10.4 Å². The summed E-state index contributed by atoms with van der Waals surface area (Å²) in [6.07, 6.45) is 0. The zero-order valence-electron chi connectivity index (χ0n) is 15.0. The summed E-state index contributed by atoms with van der Waals surface area (Å²) < 4.78 is 0.970. The van der Waals surface area contributed by atoms with Crippen LogP contribution in [0.5, 0.6) is 5.75 Å². The molecule has 11 heteroatoms. The molecule has 0 saturated heterocycles. The van der Waals surface area contributed by atoms with Crippen molar-refractivity contribution in [3.8, 4) is 16.2 Å². The maximum absolute atomic E-state index is 12.4. The van der Waals surface area contributed by atoms with Crippen LogP contribution in [0.15, 0.2) is 56.5 Å². The maximum Gasteiger partial charge on any atom is 0.281 e. The Labute approximate surface area is 182 Å². The number of carbonyl (C=O) groups excluding carboxylic acids is 1. The number of benzene rings is 1. The molecule has 0 bridgehead atoms. The quantitative estimate of drug-likeness (QED) is 0.278. The van der Waals surface area contributed by atoms with E-state index in [2.05, 4.69) is 48.1 Å². The third-order valence-corrected chi connectivity index (χ3v) is 6.69. The number of nitrogens with one attached hydrogen (secondary N) is 4. The summed E-state index contributed by atoms with van der Waals surface area (Å²) in [5.74, 6) is 0.428. The Hall–Kier alpha value is -2.73. The van der Waals surface area contributed by atoms with Gasteiger partial charge in [0, 0.05) is 9.85 Å². The summed E-state index contributed by atoms with van der Waals surface area (Å²) in [7, 11) is 0. The molecule has 5 N–H and O–H groups in total. The van der Waals surface area contributed by atoms with Crippen molar-refractivity contribution in [2.75, 3.05) is 0 Å². The average molecular weight is 491 g/mol. The molecule has 0 radical (unpaired) electrons. The van der Waals surface area contributed by atoms with E-state index in [4.69, 9.17) is 0 Å². The van der Waals surface area contributed by atoms with Crippen molar-refractivity contribution in [2.24, 2.45) is 10.2 Å². The summed E-state index contributed by atoms with van der Waals surface area (Å²) in [6.45, 7) is 1.74. The normalized spacial score (nSPS) is 13.6. The van der Waals surface area contributed by atoms with E-state index in [-0.39, 0.29) is 11.7 Å². The molecule has 0 fully saturated rings. The summed E-state index contributed by atoms with van der Waals surface area (Å²) in [5, 5.41) is 20.6. The molecule has 3 heterocycles. The van der Waals surface area contributed by atoms with Crippen LogP contribution in [0.4, 0.5) is 0 Å². The topological polar surface area (TPSA) is 110 Å². The Kier molecular flexibility index (Phi) is 5.62. The second-order valence-electron chi connectivity index (χ2n) is 5.96. The highest BCUT2D eigenvalue weighted by Gasteiger charge is 2.17. The van der Waals surface area contributed by atoms with Gasteiger partial charge in [-0.3, -0.25) is 10.2 Å². The largest absolute Gasteiger partial charge is 0.506 e. The van der Waals surface area contributed by atoms with E-state index >= 15 is 0 Å². The molecule has 1 aliphatic rings. The molecule has 0 atom stereocenters. The fraction of sp³-hybridized carbons (Fsp3) is 0.0556. The van der Waals surface area contributed by atoms with Gasteiger partial charge in [-0.15, -0.1) is 33.3 Å². The Morgan fingerprint density at radius 3 is 2.76 bits per heavy atom. The second kappa shape index (κ2) is 8.33. The Morgan fingerprint density at radius 1 is 1.24 bits per heavy atom. The van der Waals surface area contributed by atoms with Crippen molar-refractivity contribution in [3.05, 3.63) is 61.6 Å². The molecule has 29 heavy (non-hydrogen) atoms. The van der Waals surface area contributed by atoms with E-state index in [1.165, 1.54) is 22.7 Å². The lowest BCUT2D eigenvalue weighted by atomic mass is 10.1. The standard InChI is InChI=1S/C18H15BrN6O2S2/c1-9(12-8-28-16(15(12)26)10-2-4-11(19)5-3-10)20-23-18(27)14-7-6-13(29-14)17-21-24-25-22-17/h2-8,24-26H,1H3,(H,21,22)(H,23,27)/b20-9+. The molecule has 1 aromatic carbocycles. The first-order valence-electron chi connectivity index (χ1n) is 8.38. The highest BCUT2D eigenvalue weighted by molar-refractivity contribution is 9.10. The van der Waals surface area contributed by atoms with Crippen molar-refractivity contribution >= 4 is 56.1 Å². The van der Waals surface area contributed by atoms with E-state index in [0.29, 0.717) is 22.0 Å². The van der Waals surface area contributed by atoms with E-state index in [0.717, 1.165) is 19.8 Å². The molecule has 0 saturated carbocycles. The van der Waals surface area contributed by atoms with E-state index in [9.17, 15) is 9.90 Å². The Balaban J connectivity index is 1.48. The molecule has 1 aliphatic heterocycles. The molecule has 1 amide bonds. The Morgan fingerprint density at radius 2 is 2.03 bits per heavy atom. The molecule has 2 aromatic heterocycles. The second-order valence-corrected chi connectivity index (χ2v) is 8.84.